The molecule has 1 saturated heterocycles. The lowest BCUT2D eigenvalue weighted by molar-refractivity contribution is -0.137. The number of carbonyl (C=O) groups is 1. The summed E-state index contributed by atoms with van der Waals surface area (Å²) in [5.74, 6) is -0.755. The van der Waals surface area contributed by atoms with Crippen LogP contribution in [-0.4, -0.2) is 29.1 Å². The zero-order chi connectivity index (χ0) is 13.1. The summed E-state index contributed by atoms with van der Waals surface area (Å²) in [6, 6.07) is 5.91. The molecule has 3 nitrogen and oxygen atoms in total. The van der Waals surface area contributed by atoms with Crippen molar-refractivity contribution in [3.63, 3.8) is 0 Å². The van der Waals surface area contributed by atoms with Crippen LogP contribution in [0.5, 0.6) is 0 Å². The first kappa shape index (κ1) is 13.7. The molecule has 1 aliphatic heterocycles. The third-order valence-electron chi connectivity index (χ3n) is 3.30. The normalized spacial score (nSPS) is 20.2. The van der Waals surface area contributed by atoms with E-state index in [-0.39, 0.29) is 12.5 Å². The van der Waals surface area contributed by atoms with Crippen LogP contribution in [0.2, 0.25) is 10.0 Å². The Bertz CT molecular complexity index is 451. The Balaban J connectivity index is 2.10. The van der Waals surface area contributed by atoms with E-state index in [0.717, 1.165) is 24.9 Å². The second-order valence-corrected chi connectivity index (χ2v) is 5.33. The van der Waals surface area contributed by atoms with Crippen LogP contribution in [0.3, 0.4) is 0 Å². The van der Waals surface area contributed by atoms with Crippen LogP contribution in [0.25, 0.3) is 0 Å². The van der Waals surface area contributed by atoms with E-state index in [9.17, 15) is 4.79 Å². The van der Waals surface area contributed by atoms with Crippen molar-refractivity contribution < 1.29 is 9.90 Å². The summed E-state index contributed by atoms with van der Waals surface area (Å²) in [6.45, 7) is 1.53. The van der Waals surface area contributed by atoms with Gasteiger partial charge in [0.1, 0.15) is 0 Å². The average Bonchev–Trinajstić information content (AvgIpc) is 2.78. The molecule has 1 aliphatic rings. The van der Waals surface area contributed by atoms with Crippen molar-refractivity contribution in [2.45, 2.75) is 25.3 Å². The maximum atomic E-state index is 10.6. The molecular weight excluding hydrogens is 273 g/mol. The molecule has 98 valence electrons. The minimum Gasteiger partial charge on any atom is -0.481 e. The predicted molar refractivity (Wildman–Crippen MR) is 72.3 cm³/mol. The highest BCUT2D eigenvalue weighted by molar-refractivity contribution is 6.42. The molecule has 0 radical (unpaired) electrons. The van der Waals surface area contributed by atoms with Gasteiger partial charge in [-0.3, -0.25) is 9.69 Å². The predicted octanol–water partition coefficient (Wildman–Crippen LogP) is 3.61. The Labute approximate surface area is 116 Å². The molecule has 2 rings (SSSR count). The molecule has 0 spiro atoms. The smallest absolute Gasteiger partial charge is 0.304 e. The third kappa shape index (κ3) is 3.16. The van der Waals surface area contributed by atoms with Gasteiger partial charge in [-0.25, -0.2) is 0 Å². The molecule has 0 amide bonds. The fourth-order valence-corrected chi connectivity index (χ4v) is 2.74. The van der Waals surface area contributed by atoms with E-state index in [4.69, 9.17) is 28.3 Å². The van der Waals surface area contributed by atoms with Crippen LogP contribution < -0.4 is 0 Å². The number of benzene rings is 1. The van der Waals surface area contributed by atoms with E-state index in [1.165, 1.54) is 0 Å². The standard InChI is InChI=1S/C13H15Cl2NO2/c14-10-4-3-9(8-11(10)15)12-2-1-6-16(12)7-5-13(17)18/h3-4,8,12H,1-2,5-7H2,(H,17,18)/t12-/m1/s1. The highest BCUT2D eigenvalue weighted by Gasteiger charge is 2.26. The zero-order valence-electron chi connectivity index (χ0n) is 9.90. The first-order valence-corrected chi connectivity index (χ1v) is 6.74. The summed E-state index contributed by atoms with van der Waals surface area (Å²) >= 11 is 11.9. The summed E-state index contributed by atoms with van der Waals surface area (Å²) in [4.78, 5) is 12.8. The summed E-state index contributed by atoms with van der Waals surface area (Å²) in [5, 5.41) is 9.85. The highest BCUT2D eigenvalue weighted by Crippen LogP contribution is 2.34. The van der Waals surface area contributed by atoms with E-state index in [1.54, 1.807) is 6.07 Å². The van der Waals surface area contributed by atoms with Crippen molar-refractivity contribution in [2.24, 2.45) is 0 Å². The van der Waals surface area contributed by atoms with Crippen molar-refractivity contribution >= 4 is 29.2 Å². The Kier molecular flexibility index (Phi) is 4.49. The minimum atomic E-state index is -0.755. The lowest BCUT2D eigenvalue weighted by atomic mass is 10.0. The maximum Gasteiger partial charge on any atom is 0.304 e. The Morgan fingerprint density at radius 1 is 1.39 bits per heavy atom. The van der Waals surface area contributed by atoms with Gasteiger partial charge in [0.15, 0.2) is 0 Å². The van der Waals surface area contributed by atoms with Gasteiger partial charge in [-0.1, -0.05) is 29.3 Å². The number of carboxylic acid groups (broad SMARTS) is 1. The van der Waals surface area contributed by atoms with Crippen LogP contribution >= 0.6 is 23.2 Å². The van der Waals surface area contributed by atoms with E-state index < -0.39 is 5.97 Å². The number of aliphatic carboxylic acids is 1. The van der Waals surface area contributed by atoms with Crippen LogP contribution in [-0.2, 0) is 4.79 Å². The van der Waals surface area contributed by atoms with Crippen molar-refractivity contribution in [1.82, 2.24) is 4.90 Å². The number of likely N-dealkylation sites (tertiary alicyclic amines) is 1. The first-order valence-electron chi connectivity index (χ1n) is 5.98. The Hall–Kier alpha value is -0.770. The van der Waals surface area contributed by atoms with E-state index >= 15 is 0 Å². The molecule has 18 heavy (non-hydrogen) atoms. The van der Waals surface area contributed by atoms with E-state index in [1.807, 2.05) is 12.1 Å². The van der Waals surface area contributed by atoms with Gasteiger partial charge in [0.2, 0.25) is 0 Å². The molecule has 0 saturated carbocycles. The quantitative estimate of drug-likeness (QED) is 0.920. The third-order valence-corrected chi connectivity index (χ3v) is 4.04. The number of carboxylic acids is 1. The lowest BCUT2D eigenvalue weighted by Gasteiger charge is -2.24. The summed E-state index contributed by atoms with van der Waals surface area (Å²) in [5.41, 5.74) is 1.12. The molecule has 0 aliphatic carbocycles. The second kappa shape index (κ2) is 5.91. The van der Waals surface area contributed by atoms with Crippen molar-refractivity contribution in [3.05, 3.63) is 33.8 Å². The van der Waals surface area contributed by atoms with Gasteiger partial charge in [0.25, 0.3) is 0 Å². The molecule has 1 atom stereocenters. The van der Waals surface area contributed by atoms with Gasteiger partial charge in [-0.15, -0.1) is 0 Å². The van der Waals surface area contributed by atoms with Gasteiger partial charge in [0, 0.05) is 12.6 Å². The summed E-state index contributed by atoms with van der Waals surface area (Å²) in [7, 11) is 0. The highest BCUT2D eigenvalue weighted by atomic mass is 35.5. The molecule has 0 bridgehead atoms. The number of halogens is 2. The fourth-order valence-electron chi connectivity index (χ4n) is 2.43. The van der Waals surface area contributed by atoms with Crippen LogP contribution in [0.15, 0.2) is 18.2 Å². The van der Waals surface area contributed by atoms with Gasteiger partial charge in [-0.2, -0.15) is 0 Å². The molecule has 5 heteroatoms. The van der Waals surface area contributed by atoms with Gasteiger partial charge >= 0.3 is 5.97 Å². The van der Waals surface area contributed by atoms with E-state index in [2.05, 4.69) is 4.90 Å². The number of nitrogens with zero attached hydrogens (tertiary/aromatic N) is 1. The lowest BCUT2D eigenvalue weighted by Crippen LogP contribution is -2.26. The topological polar surface area (TPSA) is 40.5 Å². The first-order chi connectivity index (χ1) is 8.58. The van der Waals surface area contributed by atoms with Crippen LogP contribution in [0.4, 0.5) is 0 Å². The molecular formula is C13H15Cl2NO2. The molecule has 1 fully saturated rings. The van der Waals surface area contributed by atoms with Crippen molar-refractivity contribution in [3.8, 4) is 0 Å². The average molecular weight is 288 g/mol. The van der Waals surface area contributed by atoms with Gasteiger partial charge in [0.05, 0.1) is 16.5 Å². The van der Waals surface area contributed by atoms with Gasteiger partial charge in [-0.05, 0) is 37.1 Å². The van der Waals surface area contributed by atoms with Gasteiger partial charge < -0.3 is 5.11 Å². The van der Waals surface area contributed by atoms with Crippen LogP contribution in [0.1, 0.15) is 30.9 Å². The SMILES string of the molecule is O=C(O)CCN1CCC[C@@H]1c1ccc(Cl)c(Cl)c1. The molecule has 1 N–H and O–H groups in total. The molecule has 0 aromatic heterocycles. The van der Waals surface area contributed by atoms with Crippen molar-refractivity contribution in [1.29, 1.82) is 0 Å². The largest absolute Gasteiger partial charge is 0.481 e. The maximum absolute atomic E-state index is 10.6. The Morgan fingerprint density at radius 3 is 2.83 bits per heavy atom. The van der Waals surface area contributed by atoms with Crippen molar-refractivity contribution in [2.75, 3.05) is 13.1 Å². The second-order valence-electron chi connectivity index (χ2n) is 4.51. The fraction of sp³-hybridized carbons (Fsp3) is 0.462. The Morgan fingerprint density at radius 2 is 2.17 bits per heavy atom. The number of rotatable bonds is 4. The summed E-state index contributed by atoms with van der Waals surface area (Å²) < 4.78 is 0. The zero-order valence-corrected chi connectivity index (χ0v) is 11.4. The summed E-state index contributed by atoms with van der Waals surface area (Å²) in [6.07, 6.45) is 2.31. The minimum absolute atomic E-state index is 0.178. The van der Waals surface area contributed by atoms with Crippen LogP contribution in [0, 0.1) is 0 Å². The molecule has 1 aromatic rings. The number of hydrogen-bond acceptors (Lipinski definition) is 2. The molecule has 1 heterocycles. The monoisotopic (exact) mass is 287 g/mol. The number of hydrogen-bond donors (Lipinski definition) is 1. The molecule has 1 aromatic carbocycles. The van der Waals surface area contributed by atoms with E-state index in [0.29, 0.717) is 16.6 Å². The molecule has 0 unspecified atom stereocenters.